The summed E-state index contributed by atoms with van der Waals surface area (Å²) in [5.74, 6) is -0.162. The third-order valence-corrected chi connectivity index (χ3v) is 5.10. The van der Waals surface area contributed by atoms with Crippen molar-refractivity contribution >= 4 is 33.8 Å². The van der Waals surface area contributed by atoms with E-state index in [9.17, 15) is 4.79 Å². The topological polar surface area (TPSA) is 55.3 Å². The van der Waals surface area contributed by atoms with Crippen LogP contribution >= 0.6 is 22.7 Å². The number of nitrogens with zero attached hydrogens (tertiary/aromatic N) is 3. The average Bonchev–Trinajstić information content (AvgIpc) is 3.17. The fourth-order valence-electron chi connectivity index (χ4n) is 2.30. The highest BCUT2D eigenvalue weighted by atomic mass is 32.1. The van der Waals surface area contributed by atoms with E-state index in [2.05, 4.69) is 9.97 Å². The molecule has 0 aromatic carbocycles. The number of thiazole rings is 2. The summed E-state index contributed by atoms with van der Waals surface area (Å²) in [6.45, 7) is 3.11. The molecule has 0 aliphatic carbocycles. The Balaban J connectivity index is 1.63. The van der Waals surface area contributed by atoms with Gasteiger partial charge in [0, 0.05) is 18.1 Å². The van der Waals surface area contributed by atoms with E-state index in [1.54, 1.807) is 23.0 Å². The van der Waals surface area contributed by atoms with Crippen LogP contribution in [0.25, 0.3) is 0 Å². The Morgan fingerprint density at radius 3 is 3.10 bits per heavy atom. The molecule has 1 fully saturated rings. The fourth-order valence-corrected chi connectivity index (χ4v) is 3.70. The average molecular weight is 309 g/mol. The first-order valence-electron chi connectivity index (χ1n) is 6.47. The molecule has 20 heavy (non-hydrogen) atoms. The molecular formula is C13H15N3O2S2. The molecule has 106 valence electrons. The molecule has 2 aromatic heterocycles. The maximum Gasteiger partial charge on any atom is 0.329 e. The van der Waals surface area contributed by atoms with Gasteiger partial charge in [-0.05, 0) is 19.8 Å². The van der Waals surface area contributed by atoms with E-state index in [0.29, 0.717) is 6.61 Å². The Bertz CT molecular complexity index is 582. The molecule has 0 saturated carbocycles. The van der Waals surface area contributed by atoms with E-state index in [4.69, 9.17) is 4.74 Å². The van der Waals surface area contributed by atoms with Crippen molar-refractivity contribution < 1.29 is 9.53 Å². The summed E-state index contributed by atoms with van der Waals surface area (Å²) >= 11 is 3.08. The van der Waals surface area contributed by atoms with Crippen LogP contribution in [0.3, 0.4) is 0 Å². The predicted octanol–water partition coefficient (Wildman–Crippen LogP) is 2.62. The summed E-state index contributed by atoms with van der Waals surface area (Å²) in [6.07, 6.45) is 3.60. The van der Waals surface area contributed by atoms with Crippen molar-refractivity contribution in [3.63, 3.8) is 0 Å². The largest absolute Gasteiger partial charge is 0.458 e. The Morgan fingerprint density at radius 1 is 1.50 bits per heavy atom. The lowest BCUT2D eigenvalue weighted by Crippen LogP contribution is -2.37. The van der Waals surface area contributed by atoms with Crippen LogP contribution < -0.4 is 4.90 Å². The maximum atomic E-state index is 12.3. The summed E-state index contributed by atoms with van der Waals surface area (Å²) in [4.78, 5) is 23.8. The van der Waals surface area contributed by atoms with Gasteiger partial charge >= 0.3 is 5.97 Å². The van der Waals surface area contributed by atoms with Gasteiger partial charge in [0.05, 0.1) is 16.1 Å². The Hall–Kier alpha value is -1.47. The lowest BCUT2D eigenvalue weighted by Gasteiger charge is -2.22. The second kappa shape index (κ2) is 5.88. The van der Waals surface area contributed by atoms with E-state index < -0.39 is 0 Å². The van der Waals surface area contributed by atoms with Gasteiger partial charge < -0.3 is 9.64 Å². The minimum absolute atomic E-state index is 0.162. The molecule has 1 unspecified atom stereocenters. The van der Waals surface area contributed by atoms with E-state index >= 15 is 0 Å². The highest BCUT2D eigenvalue weighted by Gasteiger charge is 2.33. The highest BCUT2D eigenvalue weighted by molar-refractivity contribution is 7.13. The molecule has 0 N–H and O–H groups in total. The van der Waals surface area contributed by atoms with Crippen LogP contribution in [0.1, 0.15) is 23.4 Å². The molecule has 0 amide bonds. The zero-order valence-corrected chi connectivity index (χ0v) is 12.7. The van der Waals surface area contributed by atoms with Crippen molar-refractivity contribution in [2.45, 2.75) is 32.4 Å². The van der Waals surface area contributed by atoms with Crippen LogP contribution in [0.5, 0.6) is 0 Å². The number of hydrogen-bond acceptors (Lipinski definition) is 7. The zero-order chi connectivity index (χ0) is 13.9. The van der Waals surface area contributed by atoms with Gasteiger partial charge in [0.1, 0.15) is 12.6 Å². The van der Waals surface area contributed by atoms with Crippen molar-refractivity contribution in [1.29, 1.82) is 0 Å². The van der Waals surface area contributed by atoms with Gasteiger partial charge in [0.25, 0.3) is 0 Å². The van der Waals surface area contributed by atoms with Crippen molar-refractivity contribution in [3.05, 3.63) is 27.7 Å². The van der Waals surface area contributed by atoms with Gasteiger partial charge in [-0.15, -0.1) is 22.7 Å². The van der Waals surface area contributed by atoms with Gasteiger partial charge in [0.15, 0.2) is 5.13 Å². The quantitative estimate of drug-likeness (QED) is 0.813. The van der Waals surface area contributed by atoms with E-state index in [-0.39, 0.29) is 12.0 Å². The number of anilines is 1. The van der Waals surface area contributed by atoms with Crippen LogP contribution in [-0.2, 0) is 16.1 Å². The molecule has 0 bridgehead atoms. The molecule has 0 spiro atoms. The van der Waals surface area contributed by atoms with Crippen LogP contribution in [0, 0.1) is 6.92 Å². The van der Waals surface area contributed by atoms with Crippen LogP contribution in [0.15, 0.2) is 17.1 Å². The monoisotopic (exact) mass is 309 g/mol. The molecule has 1 aliphatic rings. The lowest BCUT2D eigenvalue weighted by molar-refractivity contribution is -0.146. The van der Waals surface area contributed by atoms with Crippen LogP contribution in [0.4, 0.5) is 5.13 Å². The number of carbonyl (C=O) groups is 1. The van der Waals surface area contributed by atoms with Gasteiger partial charge in [-0.25, -0.2) is 14.8 Å². The van der Waals surface area contributed by atoms with Gasteiger partial charge in [-0.1, -0.05) is 0 Å². The molecule has 3 heterocycles. The smallest absolute Gasteiger partial charge is 0.329 e. The standard InChI is InChI=1S/C13H15N3O2S2/c1-9-11(20-8-15-9)7-18-12(17)10-3-2-5-16(10)13-14-4-6-19-13/h4,6,8,10H,2-3,5,7H2,1H3. The molecule has 1 aliphatic heterocycles. The number of aryl methyl sites for hydroxylation is 1. The zero-order valence-electron chi connectivity index (χ0n) is 11.1. The number of esters is 1. The summed E-state index contributed by atoms with van der Waals surface area (Å²) in [7, 11) is 0. The van der Waals surface area contributed by atoms with E-state index in [0.717, 1.165) is 35.1 Å². The second-order valence-electron chi connectivity index (χ2n) is 4.63. The molecule has 5 nitrogen and oxygen atoms in total. The number of aromatic nitrogens is 2. The summed E-state index contributed by atoms with van der Waals surface area (Å²) in [6, 6.07) is -0.200. The Labute approximate surface area is 125 Å². The van der Waals surface area contributed by atoms with Crippen LogP contribution in [0.2, 0.25) is 0 Å². The number of hydrogen-bond donors (Lipinski definition) is 0. The SMILES string of the molecule is Cc1ncsc1COC(=O)C1CCCN1c1nccs1. The van der Waals surface area contributed by atoms with Crippen molar-refractivity contribution in [1.82, 2.24) is 9.97 Å². The first-order valence-corrected chi connectivity index (χ1v) is 8.23. The van der Waals surface area contributed by atoms with Crippen molar-refractivity contribution in [2.75, 3.05) is 11.4 Å². The van der Waals surface area contributed by atoms with Crippen molar-refractivity contribution in [2.24, 2.45) is 0 Å². The van der Waals surface area contributed by atoms with Crippen LogP contribution in [-0.4, -0.2) is 28.5 Å². The lowest BCUT2D eigenvalue weighted by atomic mass is 10.2. The van der Waals surface area contributed by atoms with Gasteiger partial charge in [-0.2, -0.15) is 0 Å². The molecule has 0 radical (unpaired) electrons. The Morgan fingerprint density at radius 2 is 2.40 bits per heavy atom. The minimum atomic E-state index is -0.200. The fraction of sp³-hybridized carbons (Fsp3) is 0.462. The summed E-state index contributed by atoms with van der Waals surface area (Å²) < 4.78 is 5.45. The van der Waals surface area contributed by atoms with Gasteiger partial charge in [-0.3, -0.25) is 0 Å². The molecule has 2 aromatic rings. The highest BCUT2D eigenvalue weighted by Crippen LogP contribution is 2.28. The third-order valence-electron chi connectivity index (χ3n) is 3.38. The maximum absolute atomic E-state index is 12.3. The third kappa shape index (κ3) is 2.69. The normalized spacial score (nSPS) is 18.4. The molecular weight excluding hydrogens is 294 g/mol. The van der Waals surface area contributed by atoms with E-state index in [1.807, 2.05) is 17.2 Å². The number of carbonyl (C=O) groups excluding carboxylic acids is 1. The molecule has 7 heteroatoms. The first-order chi connectivity index (χ1) is 9.75. The minimum Gasteiger partial charge on any atom is -0.458 e. The second-order valence-corrected chi connectivity index (χ2v) is 6.45. The molecule has 1 saturated heterocycles. The number of rotatable bonds is 4. The number of ether oxygens (including phenoxy) is 1. The predicted molar refractivity (Wildman–Crippen MR) is 79.1 cm³/mol. The van der Waals surface area contributed by atoms with E-state index in [1.165, 1.54) is 11.3 Å². The summed E-state index contributed by atoms with van der Waals surface area (Å²) in [5.41, 5.74) is 2.71. The molecule has 3 rings (SSSR count). The molecule has 1 atom stereocenters. The Kier molecular flexibility index (Phi) is 3.98. The van der Waals surface area contributed by atoms with Gasteiger partial charge in [0.2, 0.25) is 0 Å². The van der Waals surface area contributed by atoms with Crippen molar-refractivity contribution in [3.8, 4) is 0 Å². The first kappa shape index (κ1) is 13.5. The summed E-state index contributed by atoms with van der Waals surface area (Å²) in [5, 5.41) is 2.83.